The van der Waals surface area contributed by atoms with Crippen molar-refractivity contribution in [3.8, 4) is 5.75 Å². The Hall–Kier alpha value is -3.06. The van der Waals surface area contributed by atoms with E-state index in [4.69, 9.17) is 13.9 Å². The molecule has 0 fully saturated rings. The molecule has 34 heavy (non-hydrogen) atoms. The van der Waals surface area contributed by atoms with Crippen LogP contribution in [0, 0.1) is 0 Å². The summed E-state index contributed by atoms with van der Waals surface area (Å²) in [7, 11) is 0. The van der Waals surface area contributed by atoms with Crippen LogP contribution in [0.5, 0.6) is 5.75 Å². The van der Waals surface area contributed by atoms with Gasteiger partial charge in [-0.05, 0) is 80.3 Å². The maximum absolute atomic E-state index is 12.9. The average molecular weight is 482 g/mol. The molecule has 1 N–H and O–H groups in total. The van der Waals surface area contributed by atoms with Crippen LogP contribution >= 0.6 is 11.3 Å². The number of nitrogens with one attached hydrogen (secondary N) is 1. The molecule has 0 radical (unpaired) electrons. The number of hydrogen-bond acceptors (Lipinski definition) is 6. The monoisotopic (exact) mass is 481 g/mol. The van der Waals surface area contributed by atoms with Gasteiger partial charge in [-0.15, -0.1) is 11.3 Å². The summed E-state index contributed by atoms with van der Waals surface area (Å²) in [5.74, 6) is 1.20. The summed E-state index contributed by atoms with van der Waals surface area (Å²) in [5.41, 5.74) is 2.79. The molecule has 1 aliphatic rings. The molecule has 1 amide bonds. The van der Waals surface area contributed by atoms with Gasteiger partial charge in [0, 0.05) is 4.88 Å². The first-order chi connectivity index (χ1) is 16.5. The van der Waals surface area contributed by atoms with E-state index in [0.717, 1.165) is 48.3 Å². The minimum Gasteiger partial charge on any atom is -0.486 e. The summed E-state index contributed by atoms with van der Waals surface area (Å²) in [6.45, 7) is 6.66. The van der Waals surface area contributed by atoms with Crippen LogP contribution in [0.25, 0.3) is 0 Å². The van der Waals surface area contributed by atoms with E-state index < -0.39 is 5.91 Å². The van der Waals surface area contributed by atoms with Gasteiger partial charge >= 0.3 is 5.97 Å². The zero-order valence-corrected chi connectivity index (χ0v) is 20.8. The molecule has 3 aromatic rings. The van der Waals surface area contributed by atoms with Crippen LogP contribution < -0.4 is 10.1 Å². The molecule has 1 aromatic carbocycles. The normalized spacial score (nSPS) is 13.7. The van der Waals surface area contributed by atoms with Crippen molar-refractivity contribution in [2.45, 2.75) is 65.4 Å². The van der Waals surface area contributed by atoms with Crippen molar-refractivity contribution in [3.63, 3.8) is 0 Å². The van der Waals surface area contributed by atoms with Gasteiger partial charge in [-0.3, -0.25) is 4.79 Å². The Bertz CT molecular complexity index is 1140. The van der Waals surface area contributed by atoms with E-state index in [0.29, 0.717) is 28.8 Å². The first-order valence-electron chi connectivity index (χ1n) is 11.9. The molecule has 0 aliphatic heterocycles. The topological polar surface area (TPSA) is 77.8 Å². The minimum atomic E-state index is -0.395. The number of hydrogen-bond donors (Lipinski definition) is 1. The second-order valence-electron chi connectivity index (χ2n) is 8.52. The van der Waals surface area contributed by atoms with Crippen molar-refractivity contribution in [2.75, 3.05) is 11.9 Å². The molecule has 1 aliphatic carbocycles. The summed E-state index contributed by atoms with van der Waals surface area (Å²) in [6, 6.07) is 11.4. The standard InChI is InChI=1S/C27H31NO5S/c1-4-17(3)18-10-12-19(13-11-18)32-16-20-14-15-22(33-20)25(29)28-26-24(27(30)31-5-2)21-8-6-7-9-23(21)34-26/h10-15,17H,4-9,16H2,1-3H3,(H,28,29). The van der Waals surface area contributed by atoms with Crippen molar-refractivity contribution in [1.29, 1.82) is 0 Å². The number of ether oxygens (including phenoxy) is 2. The fourth-order valence-corrected chi connectivity index (χ4v) is 5.37. The summed E-state index contributed by atoms with van der Waals surface area (Å²) < 4.78 is 16.8. The van der Waals surface area contributed by atoms with Crippen molar-refractivity contribution >= 4 is 28.2 Å². The molecule has 0 saturated carbocycles. The Kier molecular flexibility index (Phi) is 7.73. The number of aryl methyl sites for hydroxylation is 1. The highest BCUT2D eigenvalue weighted by Crippen LogP contribution is 2.39. The Balaban J connectivity index is 1.42. The van der Waals surface area contributed by atoms with E-state index in [1.54, 1.807) is 19.1 Å². The van der Waals surface area contributed by atoms with E-state index in [-0.39, 0.29) is 18.3 Å². The number of thiophene rings is 1. The molecule has 6 nitrogen and oxygen atoms in total. The third-order valence-electron chi connectivity index (χ3n) is 6.21. The van der Waals surface area contributed by atoms with Gasteiger partial charge in [0.05, 0.1) is 12.2 Å². The summed E-state index contributed by atoms with van der Waals surface area (Å²) in [6.07, 6.45) is 4.96. The number of fused-ring (bicyclic) bond motifs is 1. The van der Waals surface area contributed by atoms with Crippen LogP contribution in [0.15, 0.2) is 40.8 Å². The van der Waals surface area contributed by atoms with Crippen LogP contribution in [-0.4, -0.2) is 18.5 Å². The fraction of sp³-hybridized carbons (Fsp3) is 0.407. The number of amides is 1. The molecule has 180 valence electrons. The smallest absolute Gasteiger partial charge is 0.341 e. The molecular formula is C27H31NO5S. The van der Waals surface area contributed by atoms with Crippen LogP contribution in [0.4, 0.5) is 5.00 Å². The lowest BCUT2D eigenvalue weighted by molar-refractivity contribution is 0.0526. The maximum atomic E-state index is 12.9. The highest BCUT2D eigenvalue weighted by atomic mass is 32.1. The molecular weight excluding hydrogens is 450 g/mol. The lowest BCUT2D eigenvalue weighted by Gasteiger charge is -2.12. The van der Waals surface area contributed by atoms with E-state index in [1.165, 1.54) is 16.9 Å². The Morgan fingerprint density at radius 1 is 1.09 bits per heavy atom. The summed E-state index contributed by atoms with van der Waals surface area (Å²) in [4.78, 5) is 26.6. The molecule has 0 spiro atoms. The maximum Gasteiger partial charge on any atom is 0.341 e. The van der Waals surface area contributed by atoms with Crippen LogP contribution in [0.2, 0.25) is 0 Å². The summed E-state index contributed by atoms with van der Waals surface area (Å²) >= 11 is 1.46. The van der Waals surface area contributed by atoms with E-state index in [9.17, 15) is 9.59 Å². The Labute approximate surface area is 204 Å². The molecule has 1 unspecified atom stereocenters. The third kappa shape index (κ3) is 5.36. The predicted octanol–water partition coefficient (Wildman–Crippen LogP) is 6.74. The number of benzene rings is 1. The third-order valence-corrected chi connectivity index (χ3v) is 7.41. The van der Waals surface area contributed by atoms with Crippen molar-refractivity contribution < 1.29 is 23.5 Å². The van der Waals surface area contributed by atoms with E-state index in [1.807, 2.05) is 12.1 Å². The van der Waals surface area contributed by atoms with Gasteiger partial charge < -0.3 is 19.2 Å². The molecule has 4 rings (SSSR count). The van der Waals surface area contributed by atoms with Crippen molar-refractivity contribution in [3.05, 3.63) is 69.5 Å². The first kappa shape index (κ1) is 24.1. The van der Waals surface area contributed by atoms with Gasteiger partial charge in [-0.1, -0.05) is 26.0 Å². The molecule has 1 atom stereocenters. The van der Waals surface area contributed by atoms with Gasteiger partial charge in [-0.25, -0.2) is 4.79 Å². The van der Waals surface area contributed by atoms with Crippen molar-refractivity contribution in [1.82, 2.24) is 0 Å². The zero-order chi connectivity index (χ0) is 24.1. The number of rotatable bonds is 9. The van der Waals surface area contributed by atoms with Gasteiger partial charge in [0.2, 0.25) is 0 Å². The fourth-order valence-electron chi connectivity index (χ4n) is 4.10. The van der Waals surface area contributed by atoms with Gasteiger partial charge in [0.15, 0.2) is 5.76 Å². The zero-order valence-electron chi connectivity index (χ0n) is 19.9. The van der Waals surface area contributed by atoms with Crippen LogP contribution in [0.3, 0.4) is 0 Å². The lowest BCUT2D eigenvalue weighted by Crippen LogP contribution is -2.15. The SMILES string of the molecule is CCOC(=O)c1c(NC(=O)c2ccc(COc3ccc(C(C)CC)cc3)o2)sc2c1CCCC2. The lowest BCUT2D eigenvalue weighted by atomic mass is 9.95. The largest absolute Gasteiger partial charge is 0.486 e. The van der Waals surface area contributed by atoms with Crippen LogP contribution in [-0.2, 0) is 24.2 Å². The number of anilines is 1. The molecule has 0 bridgehead atoms. The minimum absolute atomic E-state index is 0.173. The highest BCUT2D eigenvalue weighted by molar-refractivity contribution is 7.17. The number of carbonyl (C=O) groups is 2. The van der Waals surface area contributed by atoms with Gasteiger partial charge in [-0.2, -0.15) is 0 Å². The molecule has 2 aromatic heterocycles. The molecule has 7 heteroatoms. The number of esters is 1. The Morgan fingerprint density at radius 2 is 1.85 bits per heavy atom. The summed E-state index contributed by atoms with van der Waals surface area (Å²) in [5, 5.41) is 3.41. The second kappa shape index (κ2) is 10.9. The average Bonchev–Trinajstić information content (AvgIpc) is 3.47. The van der Waals surface area contributed by atoms with Gasteiger partial charge in [0.25, 0.3) is 5.91 Å². The molecule has 2 heterocycles. The Morgan fingerprint density at radius 3 is 2.59 bits per heavy atom. The highest BCUT2D eigenvalue weighted by Gasteiger charge is 2.28. The van der Waals surface area contributed by atoms with Crippen LogP contribution in [0.1, 0.15) is 88.6 Å². The predicted molar refractivity (Wildman–Crippen MR) is 133 cm³/mol. The first-order valence-corrected chi connectivity index (χ1v) is 12.8. The van der Waals surface area contributed by atoms with Crippen molar-refractivity contribution in [2.24, 2.45) is 0 Å². The van der Waals surface area contributed by atoms with Gasteiger partial charge in [0.1, 0.15) is 23.1 Å². The molecule has 0 saturated heterocycles. The van der Waals surface area contributed by atoms with E-state index in [2.05, 4.69) is 31.3 Å². The number of furan rings is 1. The number of carbonyl (C=O) groups excluding carboxylic acids is 2. The van der Waals surface area contributed by atoms with E-state index >= 15 is 0 Å². The quantitative estimate of drug-likeness (QED) is 0.342. The second-order valence-corrected chi connectivity index (χ2v) is 9.63.